The van der Waals surface area contributed by atoms with Crippen molar-refractivity contribution in [1.29, 1.82) is 5.41 Å². The Bertz CT molecular complexity index is 353. The number of carboxylic acid groups (broad SMARTS) is 2. The summed E-state index contributed by atoms with van der Waals surface area (Å²) < 4.78 is 0. The summed E-state index contributed by atoms with van der Waals surface area (Å²) in [4.78, 5) is 8.56. The summed E-state index contributed by atoms with van der Waals surface area (Å²) in [5, 5.41) is 24.1. The minimum atomic E-state index is -1.83. The summed E-state index contributed by atoms with van der Waals surface area (Å²) in [5.41, 5.74) is 5.83. The number of hydrogen-bond acceptors (Lipinski definition) is 2. The second-order valence-electron chi connectivity index (χ2n) is 2.33. The van der Waals surface area contributed by atoms with E-state index in [2.05, 4.69) is 5.32 Å². The lowest BCUT2D eigenvalue weighted by Gasteiger charge is -2.02. The molecule has 0 fully saturated rings. The van der Waals surface area contributed by atoms with Gasteiger partial charge in [-0.1, -0.05) is 17.7 Å². The van der Waals surface area contributed by atoms with Crippen LogP contribution in [0.2, 0.25) is 5.02 Å². The molecule has 0 unspecified atom stereocenters. The van der Waals surface area contributed by atoms with Gasteiger partial charge in [0.15, 0.2) is 5.96 Å². The van der Waals surface area contributed by atoms with Gasteiger partial charge in [0.2, 0.25) is 0 Å². The Morgan fingerprint density at radius 1 is 1.47 bits per heavy atom. The van der Waals surface area contributed by atoms with Crippen molar-refractivity contribution in [2.24, 2.45) is 5.73 Å². The molecule has 0 bridgehead atoms. The third kappa shape index (κ3) is 8.38. The van der Waals surface area contributed by atoms with Gasteiger partial charge in [0, 0.05) is 10.7 Å². The summed E-state index contributed by atoms with van der Waals surface area (Å²) in [6, 6.07) is 7.02. The van der Waals surface area contributed by atoms with Crippen LogP contribution < -0.4 is 11.1 Å². The molecule has 1 rings (SSSR count). The van der Waals surface area contributed by atoms with Crippen molar-refractivity contribution >= 4 is 29.4 Å². The fourth-order valence-corrected chi connectivity index (χ4v) is 0.912. The molecule has 6 nitrogen and oxygen atoms in total. The number of halogens is 1. The molecule has 0 saturated carbocycles. The van der Waals surface area contributed by atoms with Gasteiger partial charge in [0.1, 0.15) is 0 Å². The largest absolute Gasteiger partial charge is 0.503 e. The van der Waals surface area contributed by atoms with Crippen molar-refractivity contribution in [1.82, 2.24) is 0 Å². The van der Waals surface area contributed by atoms with E-state index in [9.17, 15) is 0 Å². The Kier molecular flexibility index (Phi) is 5.65. The molecule has 7 heteroatoms. The van der Waals surface area contributed by atoms with Gasteiger partial charge in [0.05, 0.1) is 0 Å². The molecule has 0 aliphatic heterocycles. The van der Waals surface area contributed by atoms with E-state index in [1.54, 1.807) is 24.3 Å². The number of anilines is 1. The number of carbonyl (C=O) groups is 1. The topological polar surface area (TPSA) is 119 Å². The lowest BCUT2D eigenvalue weighted by atomic mass is 10.3. The molecular weight excluding hydrogens is 222 g/mol. The van der Waals surface area contributed by atoms with Crippen molar-refractivity contribution in [3.8, 4) is 0 Å². The fourth-order valence-electron chi connectivity index (χ4n) is 0.722. The monoisotopic (exact) mass is 231 g/mol. The molecule has 15 heavy (non-hydrogen) atoms. The highest BCUT2D eigenvalue weighted by Crippen LogP contribution is 2.13. The highest BCUT2D eigenvalue weighted by molar-refractivity contribution is 6.30. The molecule has 6 N–H and O–H groups in total. The minimum Gasteiger partial charge on any atom is -0.450 e. The molecule has 0 amide bonds. The molecular formula is C8H10ClN3O3. The lowest BCUT2D eigenvalue weighted by Crippen LogP contribution is -2.20. The van der Waals surface area contributed by atoms with Crippen LogP contribution >= 0.6 is 11.6 Å². The van der Waals surface area contributed by atoms with Gasteiger partial charge in [-0.25, -0.2) is 4.79 Å². The molecule has 1 aromatic carbocycles. The number of nitrogens with two attached hydrogens (primary N) is 1. The van der Waals surface area contributed by atoms with Crippen molar-refractivity contribution in [2.75, 3.05) is 5.32 Å². The van der Waals surface area contributed by atoms with E-state index in [0.29, 0.717) is 5.02 Å². The zero-order valence-electron chi connectivity index (χ0n) is 7.57. The minimum absolute atomic E-state index is 0.0905. The predicted octanol–water partition coefficient (Wildman–Crippen LogP) is 1.87. The van der Waals surface area contributed by atoms with Crippen molar-refractivity contribution in [2.45, 2.75) is 0 Å². The summed E-state index contributed by atoms with van der Waals surface area (Å²) in [7, 11) is 0. The normalized spacial score (nSPS) is 8.33. The predicted molar refractivity (Wildman–Crippen MR) is 57.6 cm³/mol. The van der Waals surface area contributed by atoms with E-state index >= 15 is 0 Å². The van der Waals surface area contributed by atoms with Crippen LogP contribution in [-0.4, -0.2) is 22.3 Å². The molecule has 0 heterocycles. The van der Waals surface area contributed by atoms with Gasteiger partial charge in [-0.15, -0.1) is 0 Å². The van der Waals surface area contributed by atoms with Crippen LogP contribution in [0.4, 0.5) is 10.5 Å². The van der Waals surface area contributed by atoms with E-state index in [-0.39, 0.29) is 5.96 Å². The average molecular weight is 232 g/mol. The van der Waals surface area contributed by atoms with E-state index in [4.69, 9.17) is 37.8 Å². The van der Waals surface area contributed by atoms with E-state index < -0.39 is 6.16 Å². The maximum atomic E-state index is 8.56. The van der Waals surface area contributed by atoms with Crippen LogP contribution in [0.25, 0.3) is 0 Å². The number of guanidine groups is 1. The maximum absolute atomic E-state index is 8.56. The summed E-state index contributed by atoms with van der Waals surface area (Å²) >= 11 is 5.68. The first kappa shape index (κ1) is 13.1. The first-order valence-electron chi connectivity index (χ1n) is 3.70. The van der Waals surface area contributed by atoms with Crippen molar-refractivity contribution in [3.05, 3.63) is 29.3 Å². The van der Waals surface area contributed by atoms with Gasteiger partial charge in [-0.05, 0) is 18.2 Å². The van der Waals surface area contributed by atoms with Gasteiger partial charge >= 0.3 is 6.16 Å². The standard InChI is InChI=1S/C7H8ClN3.CH2O3/c8-5-2-1-3-6(4-5)11-7(9)10;2-1(3)4/h1-4H,(H4,9,10,11);(H2,2,3,4). The molecule has 0 aliphatic rings. The first-order valence-corrected chi connectivity index (χ1v) is 4.08. The Hall–Kier alpha value is -1.95. The SMILES string of the molecule is N=C(N)Nc1cccc(Cl)c1.O=C(O)O. The number of rotatable bonds is 1. The Balaban J connectivity index is 0.000000423. The van der Waals surface area contributed by atoms with Gasteiger partial charge < -0.3 is 21.3 Å². The molecule has 0 saturated heterocycles. The van der Waals surface area contributed by atoms with Crippen molar-refractivity contribution in [3.63, 3.8) is 0 Å². The Morgan fingerprint density at radius 2 is 2.00 bits per heavy atom. The zero-order valence-corrected chi connectivity index (χ0v) is 8.32. The number of benzene rings is 1. The summed E-state index contributed by atoms with van der Waals surface area (Å²) in [6.07, 6.45) is -1.83. The molecule has 82 valence electrons. The van der Waals surface area contributed by atoms with Crippen LogP contribution in [0.5, 0.6) is 0 Å². The molecule has 0 spiro atoms. The van der Waals surface area contributed by atoms with Crippen LogP contribution in [0.3, 0.4) is 0 Å². The second kappa shape index (κ2) is 6.50. The maximum Gasteiger partial charge on any atom is 0.503 e. The highest BCUT2D eigenvalue weighted by atomic mass is 35.5. The zero-order chi connectivity index (χ0) is 11.8. The van der Waals surface area contributed by atoms with Gasteiger partial charge in [-0.3, -0.25) is 5.41 Å². The van der Waals surface area contributed by atoms with Crippen LogP contribution in [-0.2, 0) is 0 Å². The van der Waals surface area contributed by atoms with E-state index in [1.807, 2.05) is 0 Å². The smallest absolute Gasteiger partial charge is 0.450 e. The second-order valence-corrected chi connectivity index (χ2v) is 2.77. The van der Waals surface area contributed by atoms with Crippen LogP contribution in [0.15, 0.2) is 24.3 Å². The van der Waals surface area contributed by atoms with Gasteiger partial charge in [-0.2, -0.15) is 0 Å². The fraction of sp³-hybridized carbons (Fsp3) is 0. The number of nitrogens with one attached hydrogen (secondary N) is 2. The third-order valence-electron chi connectivity index (χ3n) is 1.10. The molecule has 0 atom stereocenters. The number of hydrogen-bond donors (Lipinski definition) is 5. The third-order valence-corrected chi connectivity index (χ3v) is 1.34. The van der Waals surface area contributed by atoms with Gasteiger partial charge in [0.25, 0.3) is 0 Å². The van der Waals surface area contributed by atoms with E-state index in [1.165, 1.54) is 0 Å². The highest BCUT2D eigenvalue weighted by Gasteiger charge is 1.92. The van der Waals surface area contributed by atoms with E-state index in [0.717, 1.165) is 5.69 Å². The summed E-state index contributed by atoms with van der Waals surface area (Å²) in [5.74, 6) is -0.0905. The quantitative estimate of drug-likeness (QED) is 0.373. The summed E-state index contributed by atoms with van der Waals surface area (Å²) in [6.45, 7) is 0. The average Bonchev–Trinajstić information content (AvgIpc) is 2.00. The Labute approximate surface area is 90.8 Å². The molecule has 0 aliphatic carbocycles. The van der Waals surface area contributed by atoms with Crippen LogP contribution in [0, 0.1) is 5.41 Å². The molecule has 0 radical (unpaired) electrons. The van der Waals surface area contributed by atoms with Crippen molar-refractivity contribution < 1.29 is 15.0 Å². The van der Waals surface area contributed by atoms with Crippen LogP contribution in [0.1, 0.15) is 0 Å². The lowest BCUT2D eigenvalue weighted by molar-refractivity contribution is 0.137. The first-order chi connectivity index (χ1) is 6.91. The Morgan fingerprint density at radius 3 is 2.40 bits per heavy atom. The molecule has 0 aromatic heterocycles. The molecule has 1 aromatic rings.